The zero-order valence-electron chi connectivity index (χ0n) is 15.8. The number of fused-ring (bicyclic) bond motifs is 1. The summed E-state index contributed by atoms with van der Waals surface area (Å²) in [5.74, 6) is 1.55. The first-order valence-electron chi connectivity index (χ1n) is 8.82. The molecule has 1 N–H and O–H groups in total. The van der Waals surface area contributed by atoms with Gasteiger partial charge in [-0.25, -0.2) is 4.98 Å². The lowest BCUT2D eigenvalue weighted by Crippen LogP contribution is -2.52. The highest BCUT2D eigenvalue weighted by Crippen LogP contribution is 2.31. The second-order valence-electron chi connectivity index (χ2n) is 6.88. The van der Waals surface area contributed by atoms with E-state index in [-0.39, 0.29) is 24.4 Å². The molecule has 0 bridgehead atoms. The number of piperazine rings is 1. The van der Waals surface area contributed by atoms with Crippen LogP contribution >= 0.6 is 12.4 Å². The van der Waals surface area contributed by atoms with Crippen molar-refractivity contribution in [3.63, 3.8) is 0 Å². The molecule has 7 nitrogen and oxygen atoms in total. The zero-order chi connectivity index (χ0) is 18.4. The highest BCUT2D eigenvalue weighted by atomic mass is 35.5. The molecule has 3 aromatic heterocycles. The van der Waals surface area contributed by atoms with Gasteiger partial charge in [-0.2, -0.15) is 0 Å². The molecule has 0 aliphatic carbocycles. The normalized spacial score (nSPS) is 17.2. The van der Waals surface area contributed by atoms with Crippen molar-refractivity contribution >= 4 is 29.4 Å². The van der Waals surface area contributed by atoms with Gasteiger partial charge in [-0.05, 0) is 39.8 Å². The van der Waals surface area contributed by atoms with Crippen LogP contribution < -0.4 is 5.32 Å². The Labute approximate surface area is 163 Å². The second-order valence-corrected chi connectivity index (χ2v) is 6.88. The third-order valence-electron chi connectivity index (χ3n) is 4.93. The molecular formula is C19H23ClN4O3. The molecule has 1 amide bonds. The first-order valence-corrected chi connectivity index (χ1v) is 8.82. The molecule has 1 aliphatic heterocycles. The highest BCUT2D eigenvalue weighted by Gasteiger charge is 2.28. The molecule has 144 valence electrons. The van der Waals surface area contributed by atoms with Crippen LogP contribution in [0.4, 0.5) is 0 Å². The van der Waals surface area contributed by atoms with Gasteiger partial charge in [0.15, 0.2) is 0 Å². The van der Waals surface area contributed by atoms with E-state index in [1.165, 1.54) is 0 Å². The molecule has 0 spiro atoms. The smallest absolute Gasteiger partial charge is 0.259 e. The lowest BCUT2D eigenvalue weighted by atomic mass is 10.0. The Morgan fingerprint density at radius 1 is 1.30 bits per heavy atom. The van der Waals surface area contributed by atoms with Gasteiger partial charge in [-0.3, -0.25) is 4.79 Å². The number of aryl methyl sites for hydroxylation is 3. The minimum atomic E-state index is -0.0168. The van der Waals surface area contributed by atoms with E-state index in [0.29, 0.717) is 34.6 Å². The van der Waals surface area contributed by atoms with E-state index in [1.54, 1.807) is 0 Å². The van der Waals surface area contributed by atoms with Crippen molar-refractivity contribution in [3.8, 4) is 11.3 Å². The van der Waals surface area contributed by atoms with Crippen LogP contribution in [-0.2, 0) is 0 Å². The fraction of sp³-hybridized carbons (Fsp3) is 0.421. The van der Waals surface area contributed by atoms with Crippen LogP contribution in [0.15, 0.2) is 21.1 Å². The molecule has 1 saturated heterocycles. The maximum Gasteiger partial charge on any atom is 0.259 e. The summed E-state index contributed by atoms with van der Waals surface area (Å²) in [6.45, 7) is 9.91. The van der Waals surface area contributed by atoms with Crippen LogP contribution in [0.5, 0.6) is 0 Å². The van der Waals surface area contributed by atoms with E-state index in [2.05, 4.69) is 15.5 Å². The molecule has 8 heteroatoms. The minimum absolute atomic E-state index is 0. The van der Waals surface area contributed by atoms with Crippen LogP contribution in [0.2, 0.25) is 0 Å². The lowest BCUT2D eigenvalue weighted by molar-refractivity contribution is 0.0657. The third-order valence-corrected chi connectivity index (χ3v) is 4.93. The fourth-order valence-corrected chi connectivity index (χ4v) is 3.58. The van der Waals surface area contributed by atoms with Crippen LogP contribution in [0.25, 0.3) is 22.4 Å². The molecular weight excluding hydrogens is 368 g/mol. The number of hydrogen-bond donors (Lipinski definition) is 1. The summed E-state index contributed by atoms with van der Waals surface area (Å²) in [4.78, 5) is 19.8. The summed E-state index contributed by atoms with van der Waals surface area (Å²) < 4.78 is 11.0. The summed E-state index contributed by atoms with van der Waals surface area (Å²) in [6.07, 6.45) is 0. The van der Waals surface area contributed by atoms with Crippen LogP contribution in [0.1, 0.15) is 34.5 Å². The number of halogens is 1. The van der Waals surface area contributed by atoms with Gasteiger partial charge in [-0.15, -0.1) is 12.4 Å². The van der Waals surface area contributed by atoms with Gasteiger partial charge in [0.25, 0.3) is 11.6 Å². The van der Waals surface area contributed by atoms with Crippen molar-refractivity contribution in [3.05, 3.63) is 34.9 Å². The van der Waals surface area contributed by atoms with Gasteiger partial charge in [0.1, 0.15) is 11.5 Å². The predicted octanol–water partition coefficient (Wildman–Crippen LogP) is 3.26. The number of pyridine rings is 1. The Morgan fingerprint density at radius 3 is 2.74 bits per heavy atom. The van der Waals surface area contributed by atoms with Crippen LogP contribution in [0.3, 0.4) is 0 Å². The second kappa shape index (κ2) is 7.32. The van der Waals surface area contributed by atoms with Gasteiger partial charge in [0.05, 0.1) is 22.3 Å². The lowest BCUT2D eigenvalue weighted by Gasteiger charge is -2.34. The number of amides is 1. The van der Waals surface area contributed by atoms with Crippen LogP contribution in [0, 0.1) is 20.8 Å². The maximum atomic E-state index is 13.3. The van der Waals surface area contributed by atoms with Crippen molar-refractivity contribution in [2.45, 2.75) is 33.7 Å². The van der Waals surface area contributed by atoms with Gasteiger partial charge in [-0.1, -0.05) is 5.16 Å². The molecule has 1 atom stereocenters. The Morgan fingerprint density at radius 2 is 2.07 bits per heavy atom. The molecule has 1 fully saturated rings. The predicted molar refractivity (Wildman–Crippen MR) is 104 cm³/mol. The molecule has 0 unspecified atom stereocenters. The number of carbonyl (C=O) groups is 1. The Balaban J connectivity index is 0.00000210. The van der Waals surface area contributed by atoms with Crippen molar-refractivity contribution in [2.24, 2.45) is 0 Å². The van der Waals surface area contributed by atoms with Gasteiger partial charge in [0.2, 0.25) is 0 Å². The summed E-state index contributed by atoms with van der Waals surface area (Å²) in [5, 5.41) is 8.02. The SMILES string of the molecule is Cc1cc(-c2cc(C(=O)N3CCNC[C@H]3C)c3c(C)noc3n2)c(C)o1.Cl. The van der Waals surface area contributed by atoms with E-state index in [9.17, 15) is 4.79 Å². The highest BCUT2D eigenvalue weighted by molar-refractivity contribution is 6.07. The summed E-state index contributed by atoms with van der Waals surface area (Å²) in [5.41, 5.74) is 3.15. The minimum Gasteiger partial charge on any atom is -0.466 e. The zero-order valence-corrected chi connectivity index (χ0v) is 16.6. The van der Waals surface area contributed by atoms with Gasteiger partial charge < -0.3 is 19.2 Å². The standard InChI is InChI=1S/C19H22N4O3.ClH/c1-10-9-20-5-6-23(10)19(24)15-8-16(14-7-11(2)25-13(14)4)21-18-17(15)12(3)22-26-18;/h7-8,10,20H,5-6,9H2,1-4H3;1H/t10-;/m1./s1. The Bertz CT molecular complexity index is 994. The summed E-state index contributed by atoms with van der Waals surface area (Å²) >= 11 is 0. The number of rotatable bonds is 2. The van der Waals surface area contributed by atoms with Gasteiger partial charge in [0, 0.05) is 31.2 Å². The quantitative estimate of drug-likeness (QED) is 0.723. The third kappa shape index (κ3) is 3.33. The number of nitrogens with one attached hydrogen (secondary N) is 1. The van der Waals surface area contributed by atoms with Crippen molar-refractivity contribution < 1.29 is 13.7 Å². The Hall–Kier alpha value is -2.38. The van der Waals surface area contributed by atoms with E-state index in [1.807, 2.05) is 44.7 Å². The molecule has 1 aliphatic rings. The van der Waals surface area contributed by atoms with E-state index < -0.39 is 0 Å². The first-order chi connectivity index (χ1) is 12.5. The van der Waals surface area contributed by atoms with Crippen LogP contribution in [-0.4, -0.2) is 46.6 Å². The molecule has 4 heterocycles. The van der Waals surface area contributed by atoms with E-state index >= 15 is 0 Å². The number of aromatic nitrogens is 2. The largest absolute Gasteiger partial charge is 0.466 e. The average molecular weight is 391 g/mol. The summed E-state index contributed by atoms with van der Waals surface area (Å²) in [6, 6.07) is 3.89. The Kier molecular flexibility index (Phi) is 5.26. The molecule has 4 rings (SSSR count). The topological polar surface area (TPSA) is 84.4 Å². The molecule has 27 heavy (non-hydrogen) atoms. The fourth-order valence-electron chi connectivity index (χ4n) is 3.58. The monoisotopic (exact) mass is 390 g/mol. The number of furan rings is 1. The molecule has 0 saturated carbocycles. The van der Waals surface area contributed by atoms with E-state index in [4.69, 9.17) is 8.94 Å². The maximum absolute atomic E-state index is 13.3. The molecule has 0 aromatic carbocycles. The van der Waals surface area contributed by atoms with E-state index in [0.717, 1.165) is 30.2 Å². The summed E-state index contributed by atoms with van der Waals surface area (Å²) in [7, 11) is 0. The van der Waals surface area contributed by atoms with Gasteiger partial charge >= 0.3 is 0 Å². The molecule has 3 aromatic rings. The van der Waals surface area contributed by atoms with Crippen molar-refractivity contribution in [1.82, 2.24) is 20.4 Å². The number of hydrogen-bond acceptors (Lipinski definition) is 6. The number of carbonyl (C=O) groups excluding carboxylic acids is 1. The van der Waals surface area contributed by atoms with Crippen molar-refractivity contribution in [1.29, 1.82) is 0 Å². The number of nitrogens with zero attached hydrogens (tertiary/aromatic N) is 3. The molecule has 0 radical (unpaired) electrons. The first kappa shape index (κ1) is 19.4. The average Bonchev–Trinajstić information content (AvgIpc) is 3.16. The van der Waals surface area contributed by atoms with Crippen molar-refractivity contribution in [2.75, 3.05) is 19.6 Å².